The maximum atomic E-state index is 13.3. The van der Waals surface area contributed by atoms with E-state index in [-0.39, 0.29) is 6.04 Å². The quantitative estimate of drug-likeness (QED) is 0.833. The molecule has 0 aromatic carbocycles. The van der Waals surface area contributed by atoms with Crippen LogP contribution in [0.5, 0.6) is 0 Å². The highest BCUT2D eigenvalue weighted by Gasteiger charge is 2.41. The van der Waals surface area contributed by atoms with Crippen LogP contribution in [0.25, 0.3) is 0 Å². The second kappa shape index (κ2) is 6.78. The lowest BCUT2D eigenvalue weighted by molar-refractivity contribution is -0.138. The van der Waals surface area contributed by atoms with Crippen LogP contribution in [0.1, 0.15) is 57.2 Å². The Hall–Kier alpha value is -1.50. The van der Waals surface area contributed by atoms with Crippen molar-refractivity contribution in [2.75, 3.05) is 13.1 Å². The van der Waals surface area contributed by atoms with E-state index < -0.39 is 0 Å². The Morgan fingerprint density at radius 3 is 2.62 bits per heavy atom. The summed E-state index contributed by atoms with van der Waals surface area (Å²) in [6.45, 7) is 2.59. The lowest BCUT2D eigenvalue weighted by Gasteiger charge is -2.34. The lowest BCUT2D eigenvalue weighted by atomic mass is 9.95. The van der Waals surface area contributed by atoms with Crippen LogP contribution >= 0.6 is 0 Å². The Bertz CT molecular complexity index is 581. The molecule has 3 fully saturated rings. The molecule has 7 nitrogen and oxygen atoms in total. The Morgan fingerprint density at radius 1 is 1.08 bits per heavy atom. The molecule has 1 amide bonds. The van der Waals surface area contributed by atoms with E-state index in [0.29, 0.717) is 18.5 Å². The molecule has 1 aliphatic carbocycles. The van der Waals surface area contributed by atoms with Gasteiger partial charge in [0.15, 0.2) is 5.82 Å². The van der Waals surface area contributed by atoms with E-state index in [0.717, 1.165) is 37.7 Å². The molecule has 3 aliphatic rings. The average molecular weight is 332 g/mol. The minimum atomic E-state index is 0.0173. The van der Waals surface area contributed by atoms with Crippen LogP contribution in [-0.2, 0) is 18.4 Å². The molecule has 2 atom stereocenters. The molecule has 24 heavy (non-hydrogen) atoms. The number of amides is 1. The summed E-state index contributed by atoms with van der Waals surface area (Å²) in [5.74, 6) is 1.94. The van der Waals surface area contributed by atoms with Crippen molar-refractivity contribution in [2.45, 2.75) is 70.0 Å². The van der Waals surface area contributed by atoms with Crippen LogP contribution in [0.2, 0.25) is 0 Å². The number of carbonyl (C=O) groups is 1. The molecule has 0 radical (unpaired) electrons. The molecule has 7 heteroatoms. The van der Waals surface area contributed by atoms with E-state index in [9.17, 15) is 4.79 Å². The van der Waals surface area contributed by atoms with E-state index in [2.05, 4.69) is 25.3 Å². The highest BCUT2D eigenvalue weighted by molar-refractivity contribution is 5.82. The normalized spacial score (nSPS) is 29.0. The molecular weight excluding hydrogens is 304 g/mol. The van der Waals surface area contributed by atoms with Crippen molar-refractivity contribution in [2.24, 2.45) is 13.0 Å². The summed E-state index contributed by atoms with van der Waals surface area (Å²) in [5, 5.41) is 11.7. The molecule has 1 unspecified atom stereocenters. The molecule has 4 rings (SSSR count). The first-order valence-electron chi connectivity index (χ1n) is 9.50. The summed E-state index contributed by atoms with van der Waals surface area (Å²) < 4.78 is 1.71. The van der Waals surface area contributed by atoms with E-state index in [1.807, 2.05) is 7.05 Å². The monoisotopic (exact) mass is 332 g/mol. The van der Waals surface area contributed by atoms with Gasteiger partial charge in [-0.1, -0.05) is 12.8 Å². The molecule has 0 bridgehead atoms. The van der Waals surface area contributed by atoms with Crippen molar-refractivity contribution >= 4 is 5.91 Å². The highest BCUT2D eigenvalue weighted by atomic mass is 16.2. The SMILES string of the molecule is Cn1nnnc1CN1CCC[C@H]1C(=O)N1CCCC1C1CCCC1. The molecule has 1 saturated carbocycles. The first-order chi connectivity index (χ1) is 11.7. The first kappa shape index (κ1) is 16.0. The van der Waals surface area contributed by atoms with Crippen LogP contribution in [0.4, 0.5) is 0 Å². The van der Waals surface area contributed by atoms with E-state index in [1.54, 1.807) is 4.68 Å². The fraction of sp³-hybridized carbons (Fsp3) is 0.882. The number of hydrogen-bond acceptors (Lipinski definition) is 5. The van der Waals surface area contributed by atoms with Gasteiger partial charge in [-0.15, -0.1) is 5.10 Å². The lowest BCUT2D eigenvalue weighted by Crippen LogP contribution is -2.49. The van der Waals surface area contributed by atoms with E-state index >= 15 is 0 Å². The third-order valence-corrected chi connectivity index (χ3v) is 6.23. The van der Waals surface area contributed by atoms with Gasteiger partial charge in [0.2, 0.25) is 5.91 Å². The van der Waals surface area contributed by atoms with Gasteiger partial charge in [-0.25, -0.2) is 4.68 Å². The standard InChI is InChI=1S/C17H28N6O/c1-21-16(18-19-20-21)12-22-10-4-9-15(22)17(24)23-11-5-8-14(23)13-6-2-3-7-13/h13-15H,2-12H2,1H3/t14?,15-/m0/s1. The number of hydrogen-bond donors (Lipinski definition) is 0. The zero-order valence-electron chi connectivity index (χ0n) is 14.6. The smallest absolute Gasteiger partial charge is 0.240 e. The molecule has 2 aliphatic heterocycles. The van der Waals surface area contributed by atoms with Crippen LogP contribution in [-0.4, -0.2) is 61.1 Å². The molecule has 1 aromatic heterocycles. The van der Waals surface area contributed by atoms with Gasteiger partial charge in [0, 0.05) is 19.6 Å². The second-order valence-corrected chi connectivity index (χ2v) is 7.63. The molecule has 3 heterocycles. The van der Waals surface area contributed by atoms with Crippen molar-refractivity contribution < 1.29 is 4.79 Å². The molecule has 0 spiro atoms. The minimum Gasteiger partial charge on any atom is -0.338 e. The molecular formula is C17H28N6O. The third-order valence-electron chi connectivity index (χ3n) is 6.23. The topological polar surface area (TPSA) is 67.2 Å². The number of tetrazole rings is 1. The third kappa shape index (κ3) is 2.94. The molecule has 1 aromatic rings. The summed E-state index contributed by atoms with van der Waals surface area (Å²) in [4.78, 5) is 17.8. The van der Waals surface area contributed by atoms with Crippen LogP contribution in [0, 0.1) is 5.92 Å². The van der Waals surface area contributed by atoms with Gasteiger partial charge in [0.05, 0.1) is 12.6 Å². The van der Waals surface area contributed by atoms with Crippen molar-refractivity contribution in [3.8, 4) is 0 Å². The number of nitrogens with zero attached hydrogens (tertiary/aromatic N) is 6. The van der Waals surface area contributed by atoms with Gasteiger partial charge in [-0.05, 0) is 61.4 Å². The Balaban J connectivity index is 1.45. The van der Waals surface area contributed by atoms with Gasteiger partial charge in [0.1, 0.15) is 0 Å². The molecule has 132 valence electrons. The fourth-order valence-corrected chi connectivity index (χ4v) is 4.95. The number of aromatic nitrogens is 4. The van der Waals surface area contributed by atoms with Crippen molar-refractivity contribution in [3.63, 3.8) is 0 Å². The molecule has 2 saturated heterocycles. The average Bonchev–Trinajstić information content (AvgIpc) is 3.36. The number of rotatable bonds is 4. The van der Waals surface area contributed by atoms with Crippen LogP contribution in [0.15, 0.2) is 0 Å². The predicted molar refractivity (Wildman–Crippen MR) is 88.9 cm³/mol. The summed E-state index contributed by atoms with van der Waals surface area (Å²) >= 11 is 0. The Kier molecular flexibility index (Phi) is 4.52. The van der Waals surface area contributed by atoms with Crippen LogP contribution in [0.3, 0.4) is 0 Å². The molecule has 0 N–H and O–H groups in total. The van der Waals surface area contributed by atoms with Crippen molar-refractivity contribution in [1.82, 2.24) is 30.0 Å². The summed E-state index contributed by atoms with van der Waals surface area (Å²) in [7, 11) is 1.86. The largest absolute Gasteiger partial charge is 0.338 e. The van der Waals surface area contributed by atoms with Gasteiger partial charge >= 0.3 is 0 Å². The maximum absolute atomic E-state index is 13.3. The number of aryl methyl sites for hydroxylation is 1. The number of carbonyl (C=O) groups excluding carboxylic acids is 1. The van der Waals surface area contributed by atoms with Crippen molar-refractivity contribution in [1.29, 1.82) is 0 Å². The van der Waals surface area contributed by atoms with Crippen molar-refractivity contribution in [3.05, 3.63) is 5.82 Å². The first-order valence-corrected chi connectivity index (χ1v) is 9.50. The Labute approximate surface area is 143 Å². The van der Waals surface area contributed by atoms with E-state index in [1.165, 1.54) is 38.5 Å². The predicted octanol–water partition coefficient (Wildman–Crippen LogP) is 1.36. The zero-order valence-corrected chi connectivity index (χ0v) is 14.6. The highest BCUT2D eigenvalue weighted by Crippen LogP contribution is 2.36. The summed E-state index contributed by atoms with van der Waals surface area (Å²) in [6.07, 6.45) is 9.75. The maximum Gasteiger partial charge on any atom is 0.240 e. The second-order valence-electron chi connectivity index (χ2n) is 7.63. The fourth-order valence-electron chi connectivity index (χ4n) is 4.95. The number of likely N-dealkylation sites (tertiary alicyclic amines) is 2. The Morgan fingerprint density at radius 2 is 1.88 bits per heavy atom. The van der Waals surface area contributed by atoms with Crippen LogP contribution < -0.4 is 0 Å². The summed E-state index contributed by atoms with van der Waals surface area (Å²) in [6, 6.07) is 0.516. The van der Waals surface area contributed by atoms with Gasteiger partial charge < -0.3 is 4.90 Å². The van der Waals surface area contributed by atoms with E-state index in [4.69, 9.17) is 0 Å². The minimum absolute atomic E-state index is 0.0173. The zero-order chi connectivity index (χ0) is 16.5. The van der Waals surface area contributed by atoms with Gasteiger partial charge in [-0.2, -0.15) is 0 Å². The summed E-state index contributed by atoms with van der Waals surface area (Å²) in [5.41, 5.74) is 0. The van der Waals surface area contributed by atoms with Gasteiger partial charge in [-0.3, -0.25) is 9.69 Å². The van der Waals surface area contributed by atoms with Gasteiger partial charge in [0.25, 0.3) is 0 Å².